The zero-order chi connectivity index (χ0) is 13.9. The largest absolute Gasteiger partial charge is 0.506 e. The van der Waals surface area contributed by atoms with Gasteiger partial charge in [-0.2, -0.15) is 0 Å². The summed E-state index contributed by atoms with van der Waals surface area (Å²) in [6.45, 7) is 1.71. The van der Waals surface area contributed by atoms with Gasteiger partial charge in [0, 0.05) is 18.4 Å². The lowest BCUT2D eigenvalue weighted by Crippen LogP contribution is -2.25. The second-order valence-electron chi connectivity index (χ2n) is 4.76. The number of carbonyl (C=O) groups is 1. The van der Waals surface area contributed by atoms with Gasteiger partial charge in [0.1, 0.15) is 5.75 Å². The Kier molecular flexibility index (Phi) is 3.35. The Labute approximate surface area is 116 Å². The average molecular weight is 269 g/mol. The fourth-order valence-electron chi connectivity index (χ4n) is 2.38. The average Bonchev–Trinajstić information content (AvgIpc) is 2.47. The number of benzene rings is 1. The Morgan fingerprint density at radius 1 is 1.35 bits per heavy atom. The van der Waals surface area contributed by atoms with Crippen molar-refractivity contribution in [2.45, 2.75) is 13.0 Å². The number of aromatic nitrogens is 1. The van der Waals surface area contributed by atoms with Gasteiger partial charge < -0.3 is 15.7 Å². The van der Waals surface area contributed by atoms with E-state index in [-0.39, 0.29) is 11.7 Å². The van der Waals surface area contributed by atoms with Crippen LogP contribution < -0.4 is 10.6 Å². The highest BCUT2D eigenvalue weighted by molar-refractivity contribution is 6.04. The molecule has 1 aliphatic rings. The van der Waals surface area contributed by atoms with E-state index in [2.05, 4.69) is 21.7 Å². The van der Waals surface area contributed by atoms with Crippen LogP contribution in [0.15, 0.2) is 36.7 Å². The molecule has 3 rings (SSSR count). The van der Waals surface area contributed by atoms with Gasteiger partial charge in [0.2, 0.25) is 0 Å². The third-order valence-electron chi connectivity index (χ3n) is 3.38. The molecule has 2 aromatic rings. The van der Waals surface area contributed by atoms with Crippen LogP contribution in [0.5, 0.6) is 5.75 Å². The number of nitrogens with zero attached hydrogens (tertiary/aromatic N) is 1. The third kappa shape index (κ3) is 2.48. The number of hydrogen-bond donors (Lipinski definition) is 3. The predicted octanol–water partition coefficient (Wildman–Crippen LogP) is 1.69. The van der Waals surface area contributed by atoms with Gasteiger partial charge in [0.15, 0.2) is 0 Å². The molecule has 2 heterocycles. The molecule has 0 atom stereocenters. The Morgan fingerprint density at radius 3 is 3.10 bits per heavy atom. The predicted molar refractivity (Wildman–Crippen MR) is 75.7 cm³/mol. The second-order valence-corrected chi connectivity index (χ2v) is 4.76. The molecule has 1 aromatic heterocycles. The first-order valence-electron chi connectivity index (χ1n) is 6.51. The summed E-state index contributed by atoms with van der Waals surface area (Å²) in [6, 6.07) is 7.32. The van der Waals surface area contributed by atoms with E-state index >= 15 is 0 Å². The Balaban J connectivity index is 1.86. The van der Waals surface area contributed by atoms with Crippen molar-refractivity contribution >= 4 is 11.6 Å². The van der Waals surface area contributed by atoms with Crippen molar-refractivity contribution in [2.75, 3.05) is 11.9 Å². The highest BCUT2D eigenvalue weighted by Gasteiger charge is 2.15. The lowest BCUT2D eigenvalue weighted by Gasteiger charge is -2.20. The number of anilines is 1. The highest BCUT2D eigenvalue weighted by atomic mass is 16.3. The van der Waals surface area contributed by atoms with E-state index in [1.54, 1.807) is 0 Å². The molecule has 0 radical (unpaired) electrons. The molecular formula is C15H15N3O2. The van der Waals surface area contributed by atoms with Crippen LogP contribution in [0, 0.1) is 0 Å². The van der Waals surface area contributed by atoms with Crippen molar-refractivity contribution in [3.05, 3.63) is 53.3 Å². The number of carbonyl (C=O) groups excluding carboxylic acids is 1. The van der Waals surface area contributed by atoms with E-state index in [0.29, 0.717) is 5.56 Å². The van der Waals surface area contributed by atoms with E-state index < -0.39 is 0 Å². The number of amides is 1. The maximum atomic E-state index is 12.2. The zero-order valence-electron chi connectivity index (χ0n) is 10.9. The van der Waals surface area contributed by atoms with Crippen LogP contribution in [-0.4, -0.2) is 22.5 Å². The van der Waals surface area contributed by atoms with Gasteiger partial charge in [0.25, 0.3) is 5.91 Å². The molecule has 0 spiro atoms. The molecule has 0 unspecified atom stereocenters. The summed E-state index contributed by atoms with van der Waals surface area (Å²) in [5.41, 5.74) is 3.53. The van der Waals surface area contributed by atoms with Crippen molar-refractivity contribution in [3.8, 4) is 5.75 Å². The molecule has 0 saturated carbocycles. The summed E-state index contributed by atoms with van der Waals surface area (Å²) in [6.07, 6.45) is 3.69. The molecular weight excluding hydrogens is 254 g/mol. The van der Waals surface area contributed by atoms with Gasteiger partial charge in [-0.15, -0.1) is 0 Å². The minimum absolute atomic E-state index is 0.0191. The summed E-state index contributed by atoms with van der Waals surface area (Å²) >= 11 is 0. The third-order valence-corrected chi connectivity index (χ3v) is 3.38. The fraction of sp³-hybridized carbons (Fsp3) is 0.200. The van der Waals surface area contributed by atoms with E-state index in [0.717, 1.165) is 30.8 Å². The highest BCUT2D eigenvalue weighted by Crippen LogP contribution is 2.23. The van der Waals surface area contributed by atoms with Gasteiger partial charge >= 0.3 is 0 Å². The number of nitrogens with one attached hydrogen (secondary N) is 2. The van der Waals surface area contributed by atoms with Gasteiger partial charge in [-0.1, -0.05) is 12.1 Å². The first-order chi connectivity index (χ1) is 9.74. The summed E-state index contributed by atoms with van der Waals surface area (Å²) < 4.78 is 0. The van der Waals surface area contributed by atoms with Gasteiger partial charge in [-0.05, 0) is 36.2 Å². The Hall–Kier alpha value is -2.40. The van der Waals surface area contributed by atoms with E-state index in [4.69, 9.17) is 0 Å². The van der Waals surface area contributed by atoms with E-state index in [9.17, 15) is 9.90 Å². The van der Waals surface area contributed by atoms with Crippen LogP contribution in [0.25, 0.3) is 0 Å². The minimum atomic E-state index is -0.271. The second kappa shape index (κ2) is 5.30. The van der Waals surface area contributed by atoms with Crippen molar-refractivity contribution < 1.29 is 9.90 Å². The molecule has 102 valence electrons. The Bertz CT molecular complexity index is 655. The molecule has 5 heteroatoms. The van der Waals surface area contributed by atoms with Crippen LogP contribution in [0.4, 0.5) is 5.69 Å². The molecule has 1 amide bonds. The number of rotatable bonds is 2. The van der Waals surface area contributed by atoms with Gasteiger partial charge in [-0.25, -0.2) is 0 Å². The topological polar surface area (TPSA) is 74.2 Å². The minimum Gasteiger partial charge on any atom is -0.506 e. The lowest BCUT2D eigenvalue weighted by atomic mass is 9.99. The van der Waals surface area contributed by atoms with Crippen molar-refractivity contribution in [2.24, 2.45) is 0 Å². The van der Waals surface area contributed by atoms with Crippen molar-refractivity contribution in [3.63, 3.8) is 0 Å². The summed E-state index contributed by atoms with van der Waals surface area (Å²) in [5.74, 6) is -0.290. The Morgan fingerprint density at radius 2 is 2.25 bits per heavy atom. The smallest absolute Gasteiger partial charge is 0.257 e. The van der Waals surface area contributed by atoms with Crippen LogP contribution in [0.2, 0.25) is 0 Å². The molecule has 3 N–H and O–H groups in total. The maximum Gasteiger partial charge on any atom is 0.257 e. The number of hydrogen-bond acceptors (Lipinski definition) is 4. The van der Waals surface area contributed by atoms with Crippen LogP contribution in [-0.2, 0) is 13.0 Å². The number of aromatic hydroxyl groups is 1. The van der Waals surface area contributed by atoms with Crippen LogP contribution in [0.3, 0.4) is 0 Å². The molecule has 1 aromatic carbocycles. The standard InChI is InChI=1S/C15H15N3O2/c19-12-6-11(7-17-8-12)15(20)18-14-3-1-2-10-4-5-16-9-13(10)14/h1-3,6-8,16,19H,4-5,9H2,(H,18,20). The molecule has 20 heavy (non-hydrogen) atoms. The summed E-state index contributed by atoms with van der Waals surface area (Å²) in [7, 11) is 0. The summed E-state index contributed by atoms with van der Waals surface area (Å²) in [5, 5.41) is 15.6. The lowest BCUT2D eigenvalue weighted by molar-refractivity contribution is 0.102. The monoisotopic (exact) mass is 269 g/mol. The molecule has 1 aliphatic heterocycles. The molecule has 5 nitrogen and oxygen atoms in total. The first-order valence-corrected chi connectivity index (χ1v) is 6.51. The number of fused-ring (bicyclic) bond motifs is 1. The quantitative estimate of drug-likeness (QED) is 0.775. The van der Waals surface area contributed by atoms with Crippen molar-refractivity contribution in [1.82, 2.24) is 10.3 Å². The van der Waals surface area contributed by atoms with Gasteiger partial charge in [-0.3, -0.25) is 9.78 Å². The summed E-state index contributed by atoms with van der Waals surface area (Å²) in [4.78, 5) is 16.0. The zero-order valence-corrected chi connectivity index (χ0v) is 10.9. The SMILES string of the molecule is O=C(Nc1cccc2c1CNCC2)c1cncc(O)c1. The molecule has 0 saturated heterocycles. The van der Waals surface area contributed by atoms with E-state index in [1.807, 2.05) is 12.1 Å². The van der Waals surface area contributed by atoms with Gasteiger partial charge in [0.05, 0.1) is 11.8 Å². The van der Waals surface area contributed by atoms with E-state index in [1.165, 1.54) is 24.0 Å². The molecule has 0 fully saturated rings. The number of pyridine rings is 1. The first kappa shape index (κ1) is 12.6. The van der Waals surface area contributed by atoms with Crippen LogP contribution in [0.1, 0.15) is 21.5 Å². The van der Waals surface area contributed by atoms with Crippen LogP contribution >= 0.6 is 0 Å². The molecule has 0 bridgehead atoms. The molecule has 0 aliphatic carbocycles. The van der Waals surface area contributed by atoms with Crippen molar-refractivity contribution in [1.29, 1.82) is 0 Å². The fourth-order valence-corrected chi connectivity index (χ4v) is 2.38. The normalized spacial score (nSPS) is 13.6. The maximum absolute atomic E-state index is 12.2.